The van der Waals surface area contributed by atoms with Crippen LogP contribution in [0, 0.1) is 0 Å². The third-order valence-corrected chi connectivity index (χ3v) is 3.35. The van der Waals surface area contributed by atoms with Crippen molar-refractivity contribution in [2.45, 2.75) is 25.8 Å². The van der Waals surface area contributed by atoms with Gasteiger partial charge >= 0.3 is 0 Å². The van der Waals surface area contributed by atoms with Crippen LogP contribution in [-0.4, -0.2) is 9.59 Å². The fourth-order valence-electron chi connectivity index (χ4n) is 1.63. The van der Waals surface area contributed by atoms with Gasteiger partial charge in [0, 0.05) is 0 Å². The second kappa shape index (κ2) is 4.72. The van der Waals surface area contributed by atoms with Crippen molar-refractivity contribution in [3.05, 3.63) is 46.5 Å². The number of nitrogens with zero attached hydrogens (tertiary/aromatic N) is 2. The van der Waals surface area contributed by atoms with Gasteiger partial charge in [-0.25, -0.2) is 0 Å². The summed E-state index contributed by atoms with van der Waals surface area (Å²) in [5.74, 6) is 0.364. The zero-order chi connectivity index (χ0) is 11.5. The molecule has 4 heteroatoms. The summed E-state index contributed by atoms with van der Waals surface area (Å²) in [6.45, 7) is 4.22. The summed E-state index contributed by atoms with van der Waals surface area (Å²) in [6, 6.07) is 9.95. The maximum atomic E-state index is 6.23. The molecule has 2 aromatic rings. The van der Waals surface area contributed by atoms with E-state index in [-0.39, 0.29) is 6.04 Å². The molecule has 1 atom stereocenters. The van der Waals surface area contributed by atoms with E-state index in [4.69, 9.17) is 5.73 Å². The molecular formula is C12H15N3S. The normalized spacial score (nSPS) is 13.0. The van der Waals surface area contributed by atoms with Crippen LogP contribution in [-0.2, 0) is 0 Å². The second-order valence-corrected chi connectivity index (χ2v) is 4.85. The summed E-state index contributed by atoms with van der Waals surface area (Å²) in [4.78, 5) is 1.07. The van der Waals surface area contributed by atoms with Gasteiger partial charge in [-0.3, -0.25) is 0 Å². The number of aromatic nitrogens is 2. The van der Waals surface area contributed by atoms with Gasteiger partial charge in [-0.2, -0.15) is 0 Å². The van der Waals surface area contributed by atoms with Crippen molar-refractivity contribution >= 4 is 11.5 Å². The monoisotopic (exact) mass is 233 g/mol. The number of nitrogens with two attached hydrogens (primary N) is 1. The Hall–Kier alpha value is -1.26. The molecule has 84 valence electrons. The van der Waals surface area contributed by atoms with E-state index < -0.39 is 0 Å². The van der Waals surface area contributed by atoms with Gasteiger partial charge in [0.15, 0.2) is 0 Å². The van der Waals surface area contributed by atoms with E-state index in [9.17, 15) is 0 Å². The first-order chi connectivity index (χ1) is 7.70. The maximum Gasteiger partial charge on any atom is 0.0832 e. The van der Waals surface area contributed by atoms with Crippen LogP contribution >= 0.6 is 11.5 Å². The molecule has 2 rings (SSSR count). The molecule has 1 aromatic heterocycles. The molecule has 0 saturated heterocycles. The Morgan fingerprint density at radius 3 is 2.50 bits per heavy atom. The highest BCUT2D eigenvalue weighted by Gasteiger charge is 2.18. The highest BCUT2D eigenvalue weighted by molar-refractivity contribution is 7.05. The lowest BCUT2D eigenvalue weighted by atomic mass is 10.0. The Kier molecular flexibility index (Phi) is 3.31. The molecule has 2 N–H and O–H groups in total. The largest absolute Gasteiger partial charge is 0.320 e. The fourth-order valence-corrected chi connectivity index (χ4v) is 2.47. The molecule has 1 aromatic carbocycles. The van der Waals surface area contributed by atoms with Crippen molar-refractivity contribution in [2.75, 3.05) is 0 Å². The lowest BCUT2D eigenvalue weighted by Gasteiger charge is -2.12. The highest BCUT2D eigenvalue weighted by atomic mass is 32.1. The highest BCUT2D eigenvalue weighted by Crippen LogP contribution is 2.28. The van der Waals surface area contributed by atoms with Crippen molar-refractivity contribution in [1.82, 2.24) is 9.59 Å². The third-order valence-electron chi connectivity index (χ3n) is 2.53. The van der Waals surface area contributed by atoms with Crippen molar-refractivity contribution in [2.24, 2.45) is 5.73 Å². The van der Waals surface area contributed by atoms with E-state index in [1.807, 2.05) is 30.3 Å². The van der Waals surface area contributed by atoms with Crippen LogP contribution in [0.3, 0.4) is 0 Å². The molecule has 0 spiro atoms. The molecule has 0 saturated carbocycles. The minimum Gasteiger partial charge on any atom is -0.320 e. The third kappa shape index (κ3) is 2.13. The number of hydrogen-bond acceptors (Lipinski definition) is 4. The molecule has 0 bridgehead atoms. The quantitative estimate of drug-likeness (QED) is 0.886. The zero-order valence-corrected chi connectivity index (χ0v) is 10.2. The lowest BCUT2D eigenvalue weighted by Crippen LogP contribution is -2.12. The summed E-state index contributed by atoms with van der Waals surface area (Å²) in [7, 11) is 0. The van der Waals surface area contributed by atoms with Crippen molar-refractivity contribution in [1.29, 1.82) is 0 Å². The minimum atomic E-state index is -0.112. The van der Waals surface area contributed by atoms with Gasteiger partial charge in [-0.05, 0) is 23.0 Å². The van der Waals surface area contributed by atoms with Gasteiger partial charge in [0.2, 0.25) is 0 Å². The van der Waals surface area contributed by atoms with Crippen LogP contribution < -0.4 is 5.73 Å². The van der Waals surface area contributed by atoms with Crippen LogP contribution in [0.4, 0.5) is 0 Å². The zero-order valence-electron chi connectivity index (χ0n) is 9.42. The standard InChI is InChI=1S/C12H15N3S/c1-8(2)11-12(16-15-14-11)10(13)9-6-4-3-5-7-9/h3-8,10H,13H2,1-2H3. The second-order valence-electron chi connectivity index (χ2n) is 4.07. The first-order valence-corrected chi connectivity index (χ1v) is 6.10. The van der Waals surface area contributed by atoms with Crippen LogP contribution in [0.5, 0.6) is 0 Å². The molecule has 0 radical (unpaired) electrons. The van der Waals surface area contributed by atoms with Gasteiger partial charge in [0.1, 0.15) is 0 Å². The van der Waals surface area contributed by atoms with Crippen molar-refractivity contribution in [3.63, 3.8) is 0 Å². The average molecular weight is 233 g/mol. The van der Waals surface area contributed by atoms with Gasteiger partial charge in [0.05, 0.1) is 16.6 Å². The minimum absolute atomic E-state index is 0.112. The SMILES string of the molecule is CC(C)c1nnsc1C(N)c1ccccc1. The van der Waals surface area contributed by atoms with Crippen LogP contribution in [0.1, 0.15) is 41.9 Å². The fraction of sp³-hybridized carbons (Fsp3) is 0.333. The predicted molar refractivity (Wildman–Crippen MR) is 66.5 cm³/mol. The average Bonchev–Trinajstić information content (AvgIpc) is 2.78. The molecular weight excluding hydrogens is 218 g/mol. The molecule has 1 unspecified atom stereocenters. The molecule has 0 amide bonds. The molecule has 1 heterocycles. The topological polar surface area (TPSA) is 51.8 Å². The number of rotatable bonds is 3. The molecule has 0 fully saturated rings. The Bertz CT molecular complexity index is 450. The van der Waals surface area contributed by atoms with E-state index in [1.54, 1.807) is 0 Å². The smallest absolute Gasteiger partial charge is 0.0832 e. The van der Waals surface area contributed by atoms with E-state index in [1.165, 1.54) is 11.5 Å². The van der Waals surface area contributed by atoms with Crippen LogP contribution in [0.2, 0.25) is 0 Å². The van der Waals surface area contributed by atoms with E-state index in [0.29, 0.717) is 5.92 Å². The predicted octanol–water partition coefficient (Wildman–Crippen LogP) is 2.71. The summed E-state index contributed by atoms with van der Waals surface area (Å²) < 4.78 is 4.00. The Morgan fingerprint density at radius 2 is 1.88 bits per heavy atom. The number of hydrogen-bond donors (Lipinski definition) is 1. The Morgan fingerprint density at radius 1 is 1.19 bits per heavy atom. The summed E-state index contributed by atoms with van der Waals surface area (Å²) >= 11 is 1.39. The Labute approximate surface area is 99.5 Å². The summed E-state index contributed by atoms with van der Waals surface area (Å²) in [6.07, 6.45) is 0. The first kappa shape index (κ1) is 11.2. The molecule has 0 aliphatic heterocycles. The summed E-state index contributed by atoms with van der Waals surface area (Å²) in [5.41, 5.74) is 8.35. The van der Waals surface area contributed by atoms with Gasteiger partial charge < -0.3 is 5.73 Å². The van der Waals surface area contributed by atoms with E-state index in [2.05, 4.69) is 23.4 Å². The van der Waals surface area contributed by atoms with Gasteiger partial charge in [-0.1, -0.05) is 48.7 Å². The molecule has 0 aliphatic carbocycles. The molecule has 16 heavy (non-hydrogen) atoms. The van der Waals surface area contributed by atoms with Gasteiger partial charge in [-0.15, -0.1) is 5.10 Å². The lowest BCUT2D eigenvalue weighted by molar-refractivity contribution is 0.771. The molecule has 3 nitrogen and oxygen atoms in total. The van der Waals surface area contributed by atoms with E-state index >= 15 is 0 Å². The van der Waals surface area contributed by atoms with E-state index in [0.717, 1.165) is 16.1 Å². The van der Waals surface area contributed by atoms with Crippen LogP contribution in [0.25, 0.3) is 0 Å². The first-order valence-electron chi connectivity index (χ1n) is 5.33. The molecule has 0 aliphatic rings. The van der Waals surface area contributed by atoms with Crippen LogP contribution in [0.15, 0.2) is 30.3 Å². The summed E-state index contributed by atoms with van der Waals surface area (Å²) in [5, 5.41) is 4.15. The van der Waals surface area contributed by atoms with Crippen molar-refractivity contribution < 1.29 is 0 Å². The van der Waals surface area contributed by atoms with Gasteiger partial charge in [0.25, 0.3) is 0 Å². The maximum absolute atomic E-state index is 6.23. The van der Waals surface area contributed by atoms with Crippen molar-refractivity contribution in [3.8, 4) is 0 Å². The number of benzene rings is 1. The Balaban J connectivity index is 2.34.